The van der Waals surface area contributed by atoms with Crippen LogP contribution in [0.2, 0.25) is 0 Å². The Hall–Kier alpha value is -2.57. The smallest absolute Gasteiger partial charge is 0.190 e. The van der Waals surface area contributed by atoms with Gasteiger partial charge < -0.3 is 23.8 Å². The van der Waals surface area contributed by atoms with Crippen molar-refractivity contribution in [1.82, 2.24) is 9.88 Å². The summed E-state index contributed by atoms with van der Waals surface area (Å²) < 4.78 is 23.8. The van der Waals surface area contributed by atoms with Crippen molar-refractivity contribution >= 4 is 0 Å². The van der Waals surface area contributed by atoms with Gasteiger partial charge in [-0.25, -0.2) is 0 Å². The van der Waals surface area contributed by atoms with E-state index in [-0.39, 0.29) is 11.5 Å². The number of pyridine rings is 1. The lowest BCUT2D eigenvalue weighted by atomic mass is 9.69. The summed E-state index contributed by atoms with van der Waals surface area (Å²) in [6.45, 7) is 1.56. The Morgan fingerprint density at radius 2 is 1.83 bits per heavy atom. The molecular weight excluding hydrogens is 380 g/mol. The van der Waals surface area contributed by atoms with Crippen LogP contribution in [-0.4, -0.2) is 50.1 Å². The van der Waals surface area contributed by atoms with E-state index in [1.807, 2.05) is 18.2 Å². The zero-order valence-corrected chi connectivity index (χ0v) is 17.8. The molecule has 158 valence electrons. The first-order valence-electron chi connectivity index (χ1n) is 10.5. The van der Waals surface area contributed by atoms with Gasteiger partial charge in [-0.05, 0) is 54.3 Å². The molecule has 0 radical (unpaired) electrons. The molecule has 2 fully saturated rings. The maximum absolute atomic E-state index is 6.50. The number of hydrogen-bond donors (Lipinski definition) is 0. The number of aromatic nitrogens is 1. The fraction of sp³-hybridized carbons (Fsp3) is 0.458. The van der Waals surface area contributed by atoms with Crippen molar-refractivity contribution in [3.8, 4) is 11.5 Å². The van der Waals surface area contributed by atoms with Gasteiger partial charge in [0.05, 0.1) is 20.8 Å². The van der Waals surface area contributed by atoms with Crippen LogP contribution in [0.4, 0.5) is 0 Å². The minimum Gasteiger partial charge on any atom is -0.493 e. The predicted molar refractivity (Wildman–Crippen MR) is 113 cm³/mol. The molecular formula is C24H28N2O4. The quantitative estimate of drug-likeness (QED) is 0.766. The first-order valence-corrected chi connectivity index (χ1v) is 10.5. The van der Waals surface area contributed by atoms with Crippen LogP contribution in [-0.2, 0) is 14.9 Å². The Morgan fingerprint density at radius 3 is 2.60 bits per heavy atom. The molecule has 1 unspecified atom stereocenters. The largest absolute Gasteiger partial charge is 0.493 e. The van der Waals surface area contributed by atoms with E-state index in [1.165, 1.54) is 11.3 Å². The molecule has 0 amide bonds. The second-order valence-corrected chi connectivity index (χ2v) is 8.36. The van der Waals surface area contributed by atoms with E-state index < -0.39 is 5.79 Å². The number of likely N-dealkylation sites (N-methyl/N-ethyl adjacent to an activating group) is 1. The summed E-state index contributed by atoms with van der Waals surface area (Å²) in [5, 5.41) is 0. The van der Waals surface area contributed by atoms with Crippen molar-refractivity contribution in [1.29, 1.82) is 0 Å². The number of ether oxygens (including phenoxy) is 4. The highest BCUT2D eigenvalue weighted by atomic mass is 16.7. The molecule has 3 aliphatic rings. The van der Waals surface area contributed by atoms with E-state index in [2.05, 4.69) is 35.1 Å². The van der Waals surface area contributed by atoms with Crippen molar-refractivity contribution in [2.75, 3.05) is 34.4 Å². The number of nitrogens with zero attached hydrogens (tertiary/aromatic N) is 2. The number of rotatable bonds is 4. The van der Waals surface area contributed by atoms with Crippen LogP contribution in [0.5, 0.6) is 11.5 Å². The fourth-order valence-corrected chi connectivity index (χ4v) is 5.19. The van der Waals surface area contributed by atoms with Crippen LogP contribution < -0.4 is 9.47 Å². The zero-order valence-electron chi connectivity index (χ0n) is 17.8. The third-order valence-corrected chi connectivity index (χ3v) is 6.87. The van der Waals surface area contributed by atoms with Crippen molar-refractivity contribution in [3.05, 3.63) is 65.6 Å². The van der Waals surface area contributed by atoms with Gasteiger partial charge in [-0.2, -0.15) is 0 Å². The Bertz CT molecular complexity index is 963. The van der Waals surface area contributed by atoms with Crippen LogP contribution in [0.3, 0.4) is 0 Å². The lowest BCUT2D eigenvalue weighted by molar-refractivity contribution is -0.143. The van der Waals surface area contributed by atoms with Gasteiger partial charge in [0.25, 0.3) is 0 Å². The average molecular weight is 408 g/mol. The molecule has 6 nitrogen and oxygen atoms in total. The average Bonchev–Trinajstić information content (AvgIpc) is 3.36. The second-order valence-electron chi connectivity index (χ2n) is 8.36. The van der Waals surface area contributed by atoms with E-state index in [4.69, 9.17) is 18.9 Å². The van der Waals surface area contributed by atoms with Crippen LogP contribution in [0.25, 0.3) is 0 Å². The molecule has 1 aliphatic carbocycles. The fourth-order valence-electron chi connectivity index (χ4n) is 5.19. The van der Waals surface area contributed by atoms with Gasteiger partial charge in [-0.1, -0.05) is 6.07 Å². The first-order chi connectivity index (χ1) is 14.6. The lowest BCUT2D eigenvalue weighted by Gasteiger charge is -2.41. The molecule has 2 aromatic rings. The Kier molecular flexibility index (Phi) is 4.71. The van der Waals surface area contributed by atoms with E-state index >= 15 is 0 Å². The van der Waals surface area contributed by atoms with E-state index in [1.54, 1.807) is 26.6 Å². The monoisotopic (exact) mass is 408 g/mol. The SMILES string of the molecule is COc1ccc([C@]23CCN(C)C2=CC2(CC3)OC[C@@H](c3ccncc3)O2)cc1OC. The van der Waals surface area contributed by atoms with Crippen LogP contribution in [0.15, 0.2) is 54.5 Å². The van der Waals surface area contributed by atoms with Crippen molar-refractivity contribution in [3.63, 3.8) is 0 Å². The molecule has 1 aromatic heterocycles. The van der Waals surface area contributed by atoms with Gasteiger partial charge >= 0.3 is 0 Å². The Balaban J connectivity index is 1.50. The summed E-state index contributed by atoms with van der Waals surface area (Å²) in [4.78, 5) is 6.45. The van der Waals surface area contributed by atoms with Gasteiger partial charge in [0.1, 0.15) is 6.10 Å². The third-order valence-electron chi connectivity index (χ3n) is 6.87. The molecule has 6 heteroatoms. The number of allylic oxidation sites excluding steroid dienone is 1. The Morgan fingerprint density at radius 1 is 1.03 bits per heavy atom. The van der Waals surface area contributed by atoms with E-state index in [0.29, 0.717) is 6.61 Å². The molecule has 1 aromatic carbocycles. The minimum atomic E-state index is -0.665. The molecule has 1 spiro atoms. The van der Waals surface area contributed by atoms with Crippen molar-refractivity contribution in [2.24, 2.45) is 0 Å². The normalized spacial score (nSPS) is 30.3. The lowest BCUT2D eigenvalue weighted by Crippen LogP contribution is -2.41. The summed E-state index contributed by atoms with van der Waals surface area (Å²) in [5.74, 6) is 0.858. The van der Waals surface area contributed by atoms with Gasteiger partial charge in [-0.3, -0.25) is 4.98 Å². The van der Waals surface area contributed by atoms with Gasteiger partial charge in [0, 0.05) is 43.5 Å². The number of likely N-dealkylation sites (tertiary alicyclic amines) is 1. The van der Waals surface area contributed by atoms with Gasteiger partial charge in [0.2, 0.25) is 0 Å². The Labute approximate surface area is 177 Å². The predicted octanol–water partition coefficient (Wildman–Crippen LogP) is 3.83. The highest BCUT2D eigenvalue weighted by Crippen LogP contribution is 2.54. The molecule has 0 saturated carbocycles. The first kappa shape index (κ1) is 19.4. The topological polar surface area (TPSA) is 53.1 Å². The molecule has 3 heterocycles. The summed E-state index contributed by atoms with van der Waals surface area (Å²) in [7, 11) is 5.51. The number of methoxy groups -OCH3 is 2. The molecule has 5 rings (SSSR count). The standard InChI is InChI=1S/C24H28N2O4/c1-26-13-10-23(18-4-5-19(27-2)20(14-18)28-3)8-9-24(15-22(23)26)29-16-21(30-24)17-6-11-25-12-7-17/h4-7,11-12,14-15,21H,8-10,13,16H2,1-3H3/t21-,23-,24?/m0/s1. The third kappa shape index (κ3) is 2.97. The maximum Gasteiger partial charge on any atom is 0.190 e. The highest BCUT2D eigenvalue weighted by Gasteiger charge is 2.53. The molecule has 30 heavy (non-hydrogen) atoms. The molecule has 0 N–H and O–H groups in total. The summed E-state index contributed by atoms with van der Waals surface area (Å²) in [5.41, 5.74) is 3.59. The highest BCUT2D eigenvalue weighted by molar-refractivity contribution is 5.50. The second kappa shape index (κ2) is 7.29. The molecule has 2 aliphatic heterocycles. The van der Waals surface area contributed by atoms with E-state index in [0.717, 1.165) is 42.9 Å². The summed E-state index contributed by atoms with van der Waals surface area (Å²) >= 11 is 0. The van der Waals surface area contributed by atoms with Crippen LogP contribution in [0.1, 0.15) is 36.5 Å². The maximum atomic E-state index is 6.50. The number of benzene rings is 1. The number of hydrogen-bond acceptors (Lipinski definition) is 6. The van der Waals surface area contributed by atoms with Crippen LogP contribution in [0, 0.1) is 0 Å². The van der Waals surface area contributed by atoms with Crippen molar-refractivity contribution in [2.45, 2.75) is 36.6 Å². The zero-order chi connectivity index (χ0) is 20.8. The molecule has 2 saturated heterocycles. The van der Waals surface area contributed by atoms with E-state index in [9.17, 15) is 0 Å². The summed E-state index contributed by atoms with van der Waals surface area (Å²) in [6, 6.07) is 10.3. The minimum absolute atomic E-state index is 0.0545. The van der Waals surface area contributed by atoms with Crippen LogP contribution >= 0.6 is 0 Å². The summed E-state index contributed by atoms with van der Waals surface area (Å²) in [6.07, 6.45) is 8.61. The molecule has 0 bridgehead atoms. The van der Waals surface area contributed by atoms with Gasteiger partial charge in [-0.15, -0.1) is 0 Å². The van der Waals surface area contributed by atoms with Gasteiger partial charge in [0.15, 0.2) is 17.3 Å². The number of fused-ring (bicyclic) bond motifs is 1. The van der Waals surface area contributed by atoms with Crippen molar-refractivity contribution < 1.29 is 18.9 Å². The molecule has 3 atom stereocenters.